The zero-order valence-electron chi connectivity index (χ0n) is 59.4. The molecule has 8 rings (SSSR count). The highest BCUT2D eigenvalue weighted by Gasteiger charge is 2.60. The van der Waals surface area contributed by atoms with E-state index in [9.17, 15) is 121 Å². The Hall–Kier alpha value is -3.77. The molecule has 0 aromatic carbocycles. The maximum absolute atomic E-state index is 13.4. The highest BCUT2D eigenvalue weighted by molar-refractivity contribution is 5.89. The molecule has 8 aliphatic rings. The number of Topliss-reactive ketones (excluding diaryl/α,β-unsaturated/α-hetero) is 1. The van der Waals surface area contributed by atoms with Crippen molar-refractivity contribution in [2.75, 3.05) is 53.3 Å². The van der Waals surface area contributed by atoms with Gasteiger partial charge in [-0.1, -0.05) is 20.8 Å². The molecule has 0 radical (unpaired) electrons. The van der Waals surface area contributed by atoms with Crippen molar-refractivity contribution in [2.24, 2.45) is 17.8 Å². The van der Waals surface area contributed by atoms with Crippen LogP contribution >= 0.6 is 0 Å². The van der Waals surface area contributed by atoms with Gasteiger partial charge in [-0.2, -0.15) is 0 Å². The van der Waals surface area contributed by atoms with Crippen molar-refractivity contribution >= 4 is 29.4 Å². The molecule has 0 aliphatic carbocycles. The van der Waals surface area contributed by atoms with Gasteiger partial charge in [0.25, 0.3) is 0 Å². The van der Waals surface area contributed by atoms with Gasteiger partial charge in [0.05, 0.1) is 107 Å². The van der Waals surface area contributed by atoms with Crippen molar-refractivity contribution in [3.05, 3.63) is 0 Å². The summed E-state index contributed by atoms with van der Waals surface area (Å²) in [6, 6.07) is -5.75. The van der Waals surface area contributed by atoms with Gasteiger partial charge in [0, 0.05) is 51.9 Å². The van der Waals surface area contributed by atoms with Crippen LogP contribution < -0.4 is 26.6 Å². The highest BCUT2D eigenvalue weighted by Crippen LogP contribution is 2.43. The van der Waals surface area contributed by atoms with E-state index in [2.05, 4.69) is 26.6 Å². The number of hydrogen-bond donors (Lipinski definition) is 24. The van der Waals surface area contributed by atoms with Gasteiger partial charge in [0.1, 0.15) is 140 Å². The van der Waals surface area contributed by atoms with Crippen molar-refractivity contribution in [1.82, 2.24) is 26.6 Å². The molecule has 612 valence electrons. The normalized spacial score (nSPS) is 46.2. The number of ether oxygens (including phenoxy) is 13. The fourth-order valence-corrected chi connectivity index (χ4v) is 15.1. The van der Waals surface area contributed by atoms with E-state index in [0.29, 0.717) is 0 Å². The van der Waals surface area contributed by atoms with E-state index in [-0.39, 0.29) is 25.0 Å². The number of ketones is 1. The lowest BCUT2D eigenvalue weighted by Crippen LogP contribution is -2.71. The molecule has 40 atom stereocenters. The monoisotopic (exact) mass is 1540 g/mol. The second-order valence-corrected chi connectivity index (χ2v) is 28.1. The van der Waals surface area contributed by atoms with E-state index in [1.54, 1.807) is 13.8 Å². The van der Waals surface area contributed by atoms with Crippen LogP contribution in [0.2, 0.25) is 0 Å². The second kappa shape index (κ2) is 39.1. The van der Waals surface area contributed by atoms with Crippen LogP contribution in [0.25, 0.3) is 0 Å². The lowest BCUT2D eigenvalue weighted by atomic mass is 9.77. The SMILES string of the molecule is CCC(=O)[C@H](CC(=O)N[C@@H]1OC(CC)C(O[C@@H]2OC(CO)C(O[C@@H]3OC(CO[C@H]4OC(CO)C(O)[C@H](O)C4C4OC(CO)C(O)[C@H](O)C4C)C(O)[C@H](O[C@H]4O[C@@H](CO)[C@@H](O)C(O)C4C[C@@H]4O[C@@H](CO)[C@@H](O)C(O[C@H]5C[C@@H](O)C(O)C(CO)O5)C4NC(C)=O)C3O)[C@H](O)C2NC(C)=O)[C@H](O)C1NC(C)=O)NC. The zero-order chi connectivity index (χ0) is 78.2. The standard InChI is InChI=1S/C64H109N5O37/c1-8-26(79)25(65-7)11-37(81)69-60-41(67-22(5)77)52(91)56(28(9-2)98-60)104-63-42(68-23(6)78)53(92)57(35(18-75)101-63)105-64-54(93)59(50(89)36(102-64)19-94-62-39(51(90)48(87)33(16-73)100-62)55-20(3)43(82)46(85)31(14-71)97-55)106-61-24(44(83)47(86)32(15-72)99-61)10-29-40(66-21(4)76)58(49(88)34(17-74)95-29)103-38-12-27(80)45(84)30(13-70)96-38/h20,24-25,27-36,38-65,70-75,80,82-93H,8-19H2,1-7H3,(H,66,76)(H,67,77)(H,68,78)(H,69,81)/t20?,24?,25-,27+,28?,29-,30?,31?,32-,33?,34-,35?,36?,38-,39?,40?,41?,42?,43+,44?,45?,46?,47+,48?,49+,50?,51+,52+,53+,54?,55?,56?,57?,58?,59-,60+,61+,62-,63-,64-/m0/s1. The molecule has 106 heavy (non-hydrogen) atoms. The maximum Gasteiger partial charge on any atom is 0.224 e. The average molecular weight is 1540 g/mol. The van der Waals surface area contributed by atoms with Gasteiger partial charge in [-0.15, -0.1) is 0 Å². The first-order valence-corrected chi connectivity index (χ1v) is 35.5. The molecule has 0 spiro atoms. The number of carbonyl (C=O) groups excluding carboxylic acids is 5. The van der Waals surface area contributed by atoms with Gasteiger partial charge < -0.3 is 185 Å². The first kappa shape index (κ1) is 87.8. The quantitative estimate of drug-likeness (QED) is 0.0318. The first-order chi connectivity index (χ1) is 50.2. The Morgan fingerprint density at radius 1 is 0.434 bits per heavy atom. The number of aliphatic hydroxyl groups is 19. The third kappa shape index (κ3) is 19.8. The predicted molar refractivity (Wildman–Crippen MR) is 345 cm³/mol. The number of amides is 4. The fourth-order valence-electron chi connectivity index (χ4n) is 15.1. The number of aliphatic hydroxyl groups excluding tert-OH is 19. The number of rotatable bonds is 30. The van der Waals surface area contributed by atoms with Gasteiger partial charge in [0.15, 0.2) is 37.7 Å². The molecule has 8 heterocycles. The van der Waals surface area contributed by atoms with Crippen molar-refractivity contribution in [3.8, 4) is 0 Å². The minimum absolute atomic E-state index is 0.00868. The summed E-state index contributed by atoms with van der Waals surface area (Å²) in [7, 11) is 1.48. The summed E-state index contributed by atoms with van der Waals surface area (Å²) < 4.78 is 80.2. The van der Waals surface area contributed by atoms with Gasteiger partial charge in [-0.3, -0.25) is 24.0 Å². The smallest absolute Gasteiger partial charge is 0.224 e. The average Bonchev–Trinajstić information content (AvgIpc) is 0.771. The summed E-state index contributed by atoms with van der Waals surface area (Å²) in [6.07, 6.45) is -60.7. The van der Waals surface area contributed by atoms with Gasteiger partial charge in [-0.25, -0.2) is 0 Å². The van der Waals surface area contributed by atoms with Gasteiger partial charge in [-0.05, 0) is 19.9 Å². The van der Waals surface area contributed by atoms with E-state index >= 15 is 0 Å². The van der Waals surface area contributed by atoms with Crippen LogP contribution in [0.5, 0.6) is 0 Å². The predicted octanol–water partition coefficient (Wildman–Crippen LogP) is -13.3. The molecule has 0 bridgehead atoms. The van der Waals surface area contributed by atoms with Crippen LogP contribution in [-0.4, -0.2) is 406 Å². The molecule has 8 aliphatic heterocycles. The Labute approximate surface area is 608 Å². The molecule has 4 amide bonds. The third-order valence-corrected chi connectivity index (χ3v) is 20.9. The number of likely N-dealkylation sites (N-methyl/N-ethyl adjacent to an activating group) is 1. The van der Waals surface area contributed by atoms with E-state index in [1.165, 1.54) is 14.0 Å². The molecule has 8 saturated heterocycles. The summed E-state index contributed by atoms with van der Waals surface area (Å²) >= 11 is 0. The van der Waals surface area contributed by atoms with Crippen LogP contribution in [0.15, 0.2) is 0 Å². The first-order valence-electron chi connectivity index (χ1n) is 35.5. The topological polar surface area (TPSA) is 650 Å². The number of carbonyl (C=O) groups is 5. The molecular weight excluding hydrogens is 1430 g/mol. The van der Waals surface area contributed by atoms with E-state index in [1.807, 2.05) is 0 Å². The Bertz CT molecular complexity index is 2800. The van der Waals surface area contributed by atoms with E-state index < -0.39 is 327 Å². The summed E-state index contributed by atoms with van der Waals surface area (Å²) in [5.74, 6) is -7.81. The third-order valence-electron chi connectivity index (χ3n) is 20.9. The Balaban J connectivity index is 1.14. The highest BCUT2D eigenvalue weighted by atomic mass is 16.8. The number of nitrogens with one attached hydrogen (secondary N) is 5. The van der Waals surface area contributed by atoms with E-state index in [0.717, 1.165) is 20.8 Å². The number of hydrogen-bond acceptors (Lipinski definition) is 38. The molecule has 42 heteroatoms. The zero-order valence-corrected chi connectivity index (χ0v) is 59.4. The van der Waals surface area contributed by atoms with Crippen molar-refractivity contribution < 1.29 is 183 Å². The molecule has 0 saturated carbocycles. The Kier molecular flexibility index (Phi) is 32.4. The molecule has 8 fully saturated rings. The summed E-state index contributed by atoms with van der Waals surface area (Å²) in [5, 5.41) is 227. The van der Waals surface area contributed by atoms with Gasteiger partial charge in [0.2, 0.25) is 23.6 Å². The van der Waals surface area contributed by atoms with Crippen molar-refractivity contribution in [3.63, 3.8) is 0 Å². The van der Waals surface area contributed by atoms with Crippen molar-refractivity contribution in [2.45, 2.75) is 300 Å². The largest absolute Gasteiger partial charge is 0.394 e. The lowest BCUT2D eigenvalue weighted by Gasteiger charge is -2.52. The van der Waals surface area contributed by atoms with Crippen molar-refractivity contribution in [1.29, 1.82) is 0 Å². The summed E-state index contributed by atoms with van der Waals surface area (Å²) in [4.78, 5) is 64.9. The molecule has 0 aromatic rings. The molecule has 42 nitrogen and oxygen atoms in total. The van der Waals surface area contributed by atoms with Crippen LogP contribution in [0.3, 0.4) is 0 Å². The summed E-state index contributed by atoms with van der Waals surface area (Å²) in [5.41, 5.74) is 0. The minimum atomic E-state index is -2.41. The van der Waals surface area contributed by atoms with Crippen LogP contribution in [-0.2, 0) is 85.6 Å². The molecule has 24 N–H and O–H groups in total. The molecule has 0 aromatic heterocycles. The maximum atomic E-state index is 13.4. The fraction of sp³-hybridized carbons (Fsp3) is 0.922. The van der Waals surface area contributed by atoms with E-state index in [4.69, 9.17) is 61.6 Å². The summed E-state index contributed by atoms with van der Waals surface area (Å²) in [6.45, 7) is 1.06. The molecular formula is C64H109N5O37. The molecule has 22 unspecified atom stereocenters. The Morgan fingerprint density at radius 3 is 1.51 bits per heavy atom. The minimum Gasteiger partial charge on any atom is -0.394 e. The van der Waals surface area contributed by atoms with Crippen LogP contribution in [0, 0.1) is 17.8 Å². The van der Waals surface area contributed by atoms with Gasteiger partial charge >= 0.3 is 0 Å². The van der Waals surface area contributed by atoms with Crippen LogP contribution in [0.1, 0.15) is 73.6 Å². The lowest BCUT2D eigenvalue weighted by molar-refractivity contribution is -0.382. The second-order valence-electron chi connectivity index (χ2n) is 28.1. The van der Waals surface area contributed by atoms with Crippen LogP contribution in [0.4, 0.5) is 0 Å². The Morgan fingerprint density at radius 2 is 0.925 bits per heavy atom.